The Kier molecular flexibility index (Phi) is 8.42. The molecule has 0 radical (unpaired) electrons. The fourth-order valence-electron chi connectivity index (χ4n) is 4.85. The lowest BCUT2D eigenvalue weighted by molar-refractivity contribution is -0.111. The molecule has 1 saturated carbocycles. The van der Waals surface area contributed by atoms with Crippen LogP contribution in [0.2, 0.25) is 5.02 Å². The van der Waals surface area contributed by atoms with Crippen molar-refractivity contribution in [3.8, 4) is 11.3 Å². The molecule has 2 heterocycles. The van der Waals surface area contributed by atoms with Gasteiger partial charge in [0.15, 0.2) is 0 Å². The summed E-state index contributed by atoms with van der Waals surface area (Å²) in [5.41, 5.74) is 3.79. The third kappa shape index (κ3) is 6.67. The van der Waals surface area contributed by atoms with Crippen LogP contribution in [0.4, 0.5) is 11.6 Å². The highest BCUT2D eigenvalue weighted by Gasteiger charge is 2.27. The van der Waals surface area contributed by atoms with Crippen molar-refractivity contribution < 1.29 is 9.59 Å². The zero-order valence-corrected chi connectivity index (χ0v) is 23.2. The van der Waals surface area contributed by atoms with E-state index in [0.717, 1.165) is 35.7 Å². The van der Waals surface area contributed by atoms with Crippen molar-refractivity contribution >= 4 is 46.0 Å². The minimum absolute atomic E-state index is 0.0339. The molecule has 1 unspecified atom stereocenters. The Morgan fingerprint density at radius 3 is 2.67 bits per heavy atom. The first kappa shape index (κ1) is 27.4. The number of para-hydroxylation sites is 1. The van der Waals surface area contributed by atoms with Crippen molar-refractivity contribution in [2.45, 2.75) is 31.3 Å². The molecule has 0 bridgehead atoms. The average molecular weight is 558 g/mol. The van der Waals surface area contributed by atoms with Gasteiger partial charge in [-0.3, -0.25) is 9.59 Å². The topological polar surface area (TPSA) is 115 Å². The average Bonchev–Trinajstić information content (AvgIpc) is 3.56. The molecule has 0 saturated heterocycles. The highest BCUT2D eigenvalue weighted by atomic mass is 35.5. The van der Waals surface area contributed by atoms with Gasteiger partial charge in [0.25, 0.3) is 5.91 Å². The largest absolute Gasteiger partial charge is 0.360 e. The minimum atomic E-state index is -0.207. The molecule has 2 aromatic heterocycles. The van der Waals surface area contributed by atoms with Gasteiger partial charge in [0, 0.05) is 58.6 Å². The van der Waals surface area contributed by atoms with Crippen LogP contribution in [-0.4, -0.2) is 64.4 Å². The van der Waals surface area contributed by atoms with E-state index in [1.165, 1.54) is 6.08 Å². The number of carbonyl (C=O) groups is 2. The van der Waals surface area contributed by atoms with Crippen LogP contribution in [0.25, 0.3) is 22.2 Å². The van der Waals surface area contributed by atoms with Gasteiger partial charge in [-0.2, -0.15) is 0 Å². The van der Waals surface area contributed by atoms with Crippen molar-refractivity contribution in [3.63, 3.8) is 0 Å². The van der Waals surface area contributed by atoms with E-state index in [9.17, 15) is 9.59 Å². The summed E-state index contributed by atoms with van der Waals surface area (Å²) in [6.45, 7) is 0.683. The van der Waals surface area contributed by atoms with Crippen LogP contribution in [0.3, 0.4) is 0 Å². The van der Waals surface area contributed by atoms with E-state index in [0.29, 0.717) is 34.5 Å². The van der Waals surface area contributed by atoms with E-state index >= 15 is 0 Å². The Hall–Kier alpha value is -4.21. The number of hydrogen-bond donors (Lipinski definition) is 4. The molecular weight excluding hydrogens is 526 g/mol. The molecule has 10 heteroatoms. The molecule has 0 aliphatic heterocycles. The summed E-state index contributed by atoms with van der Waals surface area (Å²) in [6, 6.07) is 15.1. The molecule has 2 amide bonds. The number of carbonyl (C=O) groups excluding carboxylic acids is 2. The predicted octanol–water partition coefficient (Wildman–Crippen LogP) is 5.10. The number of rotatable bonds is 9. The van der Waals surface area contributed by atoms with E-state index in [1.54, 1.807) is 36.5 Å². The van der Waals surface area contributed by atoms with Crippen LogP contribution < -0.4 is 16.0 Å². The number of H-pyrrole nitrogens is 1. The number of nitrogens with zero attached hydrogens (tertiary/aromatic N) is 3. The molecule has 4 aromatic rings. The second-order valence-corrected chi connectivity index (χ2v) is 10.6. The summed E-state index contributed by atoms with van der Waals surface area (Å²) in [5.74, 6) is 0.163. The summed E-state index contributed by atoms with van der Waals surface area (Å²) in [4.78, 5) is 39.2. The molecule has 0 spiro atoms. The Labute approximate surface area is 238 Å². The Morgan fingerprint density at radius 1 is 1.10 bits per heavy atom. The fraction of sp³-hybridized carbons (Fsp3) is 0.267. The maximum absolute atomic E-state index is 12.8. The Balaban J connectivity index is 1.15. The van der Waals surface area contributed by atoms with Gasteiger partial charge in [-0.15, -0.1) is 0 Å². The SMILES string of the molecule is CN(C)C/C=C/C(=O)Nc1ccc(C(=O)NC2CC[C@H](Nc3ncc(Cl)c(-c4c[nH]c5ccccc45)n3)C2)cc1. The summed E-state index contributed by atoms with van der Waals surface area (Å²) in [7, 11) is 3.87. The third-order valence-corrected chi connectivity index (χ3v) is 7.12. The molecule has 1 aliphatic rings. The van der Waals surface area contributed by atoms with E-state index in [-0.39, 0.29) is 23.9 Å². The van der Waals surface area contributed by atoms with Gasteiger partial charge in [0.05, 0.1) is 16.9 Å². The number of nitrogens with one attached hydrogen (secondary N) is 4. The van der Waals surface area contributed by atoms with Gasteiger partial charge in [0.2, 0.25) is 11.9 Å². The number of likely N-dealkylation sites (N-methyl/N-ethyl adjacent to an activating group) is 1. The summed E-state index contributed by atoms with van der Waals surface area (Å²) in [5, 5.41) is 10.9. The summed E-state index contributed by atoms with van der Waals surface area (Å²) in [6.07, 6.45) is 9.31. The van der Waals surface area contributed by atoms with Crippen LogP contribution in [0.15, 0.2) is 73.1 Å². The molecule has 40 heavy (non-hydrogen) atoms. The number of aromatic amines is 1. The second kappa shape index (κ2) is 12.3. The van der Waals surface area contributed by atoms with Gasteiger partial charge < -0.3 is 25.8 Å². The zero-order valence-electron chi connectivity index (χ0n) is 22.4. The smallest absolute Gasteiger partial charge is 0.251 e. The number of halogens is 1. The fourth-order valence-corrected chi connectivity index (χ4v) is 5.04. The van der Waals surface area contributed by atoms with Crippen molar-refractivity contribution in [2.24, 2.45) is 0 Å². The molecule has 9 nitrogen and oxygen atoms in total. The standard InChI is InChI=1S/C30H32ClN7O2/c1-38(2)15-5-8-27(39)34-20-11-9-19(10-12-20)29(40)35-21-13-14-22(16-21)36-30-33-18-25(31)28(37-30)24-17-32-26-7-4-3-6-23(24)26/h3-12,17-18,21-22,32H,13-16H2,1-2H3,(H,34,39)(H,35,40)(H,33,36,37)/b8-5+/t21?,22-/m0/s1. The number of fused-ring (bicyclic) bond motifs is 1. The lowest BCUT2D eigenvalue weighted by Gasteiger charge is -2.15. The predicted molar refractivity (Wildman–Crippen MR) is 160 cm³/mol. The van der Waals surface area contributed by atoms with E-state index in [2.05, 4.69) is 25.9 Å². The second-order valence-electron chi connectivity index (χ2n) is 10.2. The van der Waals surface area contributed by atoms with Gasteiger partial charge in [0.1, 0.15) is 0 Å². The first-order valence-corrected chi connectivity index (χ1v) is 13.6. The lowest BCUT2D eigenvalue weighted by Crippen LogP contribution is -2.34. The summed E-state index contributed by atoms with van der Waals surface area (Å²) >= 11 is 6.47. The molecule has 2 aromatic carbocycles. The van der Waals surface area contributed by atoms with E-state index < -0.39 is 0 Å². The van der Waals surface area contributed by atoms with Crippen LogP contribution in [0.5, 0.6) is 0 Å². The molecule has 206 valence electrons. The quantitative estimate of drug-likeness (QED) is 0.213. The Morgan fingerprint density at radius 2 is 1.88 bits per heavy atom. The maximum atomic E-state index is 12.8. The molecule has 2 atom stereocenters. The summed E-state index contributed by atoms with van der Waals surface area (Å²) < 4.78 is 0. The van der Waals surface area contributed by atoms with Gasteiger partial charge in [-0.25, -0.2) is 9.97 Å². The van der Waals surface area contributed by atoms with Crippen molar-refractivity contribution in [3.05, 3.63) is 83.7 Å². The third-order valence-electron chi connectivity index (χ3n) is 6.84. The van der Waals surface area contributed by atoms with Crippen molar-refractivity contribution in [1.29, 1.82) is 0 Å². The van der Waals surface area contributed by atoms with Crippen LogP contribution in [0.1, 0.15) is 29.6 Å². The normalized spacial score (nSPS) is 17.0. The number of amides is 2. The highest BCUT2D eigenvalue weighted by molar-refractivity contribution is 6.33. The number of benzene rings is 2. The number of anilines is 2. The molecular formula is C30H32ClN7O2. The first-order chi connectivity index (χ1) is 19.4. The van der Waals surface area contributed by atoms with Crippen LogP contribution in [-0.2, 0) is 4.79 Å². The zero-order chi connectivity index (χ0) is 28.1. The van der Waals surface area contributed by atoms with E-state index in [1.807, 2.05) is 49.5 Å². The lowest BCUT2D eigenvalue weighted by atomic mass is 10.1. The highest BCUT2D eigenvalue weighted by Crippen LogP contribution is 2.33. The van der Waals surface area contributed by atoms with Crippen molar-refractivity contribution in [1.82, 2.24) is 25.2 Å². The van der Waals surface area contributed by atoms with Crippen LogP contribution >= 0.6 is 11.6 Å². The monoisotopic (exact) mass is 557 g/mol. The van der Waals surface area contributed by atoms with Crippen molar-refractivity contribution in [2.75, 3.05) is 31.3 Å². The Bertz CT molecular complexity index is 1530. The number of hydrogen-bond acceptors (Lipinski definition) is 6. The number of aromatic nitrogens is 3. The van der Waals surface area contributed by atoms with Gasteiger partial charge in [-0.1, -0.05) is 35.9 Å². The van der Waals surface area contributed by atoms with Crippen LogP contribution in [0, 0.1) is 0 Å². The van der Waals surface area contributed by atoms with Gasteiger partial charge in [-0.05, 0) is 63.7 Å². The minimum Gasteiger partial charge on any atom is -0.360 e. The molecule has 4 N–H and O–H groups in total. The van der Waals surface area contributed by atoms with Gasteiger partial charge >= 0.3 is 0 Å². The molecule has 5 rings (SSSR count). The first-order valence-electron chi connectivity index (χ1n) is 13.2. The van der Waals surface area contributed by atoms with E-state index in [4.69, 9.17) is 16.6 Å². The maximum Gasteiger partial charge on any atom is 0.251 e. The molecule has 1 fully saturated rings. The molecule has 1 aliphatic carbocycles.